The molecule has 0 fully saturated rings. The number of carbonyl (C=O) groups excluding carboxylic acids is 1. The molecule has 0 spiro atoms. The highest BCUT2D eigenvalue weighted by Gasteiger charge is 2.11. The van der Waals surface area contributed by atoms with E-state index < -0.39 is 5.97 Å². The van der Waals surface area contributed by atoms with E-state index in [-0.39, 0.29) is 5.69 Å². The first-order valence-corrected chi connectivity index (χ1v) is 5.61. The third-order valence-corrected chi connectivity index (χ3v) is 2.41. The Kier molecular flexibility index (Phi) is 3.57. The van der Waals surface area contributed by atoms with Crippen LogP contribution in [0.2, 0.25) is 0 Å². The van der Waals surface area contributed by atoms with Crippen LogP contribution in [0.1, 0.15) is 23.0 Å². The van der Waals surface area contributed by atoms with Crippen molar-refractivity contribution in [3.63, 3.8) is 0 Å². The maximum Gasteiger partial charge on any atom is 0.360 e. The van der Waals surface area contributed by atoms with Crippen LogP contribution in [0.3, 0.4) is 0 Å². The molecule has 0 unspecified atom stereocenters. The SMILES string of the molecule is CCOC(=O)c1cn(Cc2ccccc2N)nn1. The number of ether oxygens (including phenoxy) is 1. The highest BCUT2D eigenvalue weighted by atomic mass is 16.5. The van der Waals surface area contributed by atoms with Gasteiger partial charge in [0.2, 0.25) is 0 Å². The largest absolute Gasteiger partial charge is 0.461 e. The van der Waals surface area contributed by atoms with Crippen LogP contribution < -0.4 is 5.73 Å². The normalized spacial score (nSPS) is 10.3. The van der Waals surface area contributed by atoms with Gasteiger partial charge in [0.05, 0.1) is 19.3 Å². The number of hydrogen-bond acceptors (Lipinski definition) is 5. The van der Waals surface area contributed by atoms with Gasteiger partial charge in [-0.05, 0) is 18.6 Å². The number of nitrogens with two attached hydrogens (primary N) is 1. The van der Waals surface area contributed by atoms with Gasteiger partial charge >= 0.3 is 5.97 Å². The summed E-state index contributed by atoms with van der Waals surface area (Å²) in [6, 6.07) is 7.48. The summed E-state index contributed by atoms with van der Waals surface area (Å²) in [5, 5.41) is 7.62. The molecular weight excluding hydrogens is 232 g/mol. The molecule has 0 aliphatic carbocycles. The molecule has 1 aromatic heterocycles. The quantitative estimate of drug-likeness (QED) is 0.644. The Morgan fingerprint density at radius 3 is 2.94 bits per heavy atom. The Bertz CT molecular complexity index is 551. The minimum Gasteiger partial charge on any atom is -0.461 e. The summed E-state index contributed by atoms with van der Waals surface area (Å²) < 4.78 is 6.39. The Morgan fingerprint density at radius 1 is 1.44 bits per heavy atom. The summed E-state index contributed by atoms with van der Waals surface area (Å²) in [7, 11) is 0. The molecule has 0 aliphatic heterocycles. The summed E-state index contributed by atoms with van der Waals surface area (Å²) in [5.41, 5.74) is 7.64. The first-order valence-electron chi connectivity index (χ1n) is 5.61. The van der Waals surface area contributed by atoms with Gasteiger partial charge in [-0.1, -0.05) is 23.4 Å². The summed E-state index contributed by atoms with van der Waals surface area (Å²) >= 11 is 0. The lowest BCUT2D eigenvalue weighted by molar-refractivity contribution is 0.0519. The molecule has 2 N–H and O–H groups in total. The smallest absolute Gasteiger partial charge is 0.360 e. The Balaban J connectivity index is 2.12. The van der Waals surface area contributed by atoms with Crippen LogP contribution in [0, 0.1) is 0 Å². The van der Waals surface area contributed by atoms with Crippen molar-refractivity contribution in [1.82, 2.24) is 15.0 Å². The molecule has 6 nitrogen and oxygen atoms in total. The topological polar surface area (TPSA) is 83.0 Å². The molecule has 0 amide bonds. The third kappa shape index (κ3) is 2.65. The van der Waals surface area contributed by atoms with E-state index in [4.69, 9.17) is 10.5 Å². The summed E-state index contributed by atoms with van der Waals surface area (Å²) in [6.07, 6.45) is 1.55. The van der Waals surface area contributed by atoms with Crippen molar-refractivity contribution in [2.75, 3.05) is 12.3 Å². The van der Waals surface area contributed by atoms with Crippen LogP contribution in [-0.2, 0) is 11.3 Å². The van der Waals surface area contributed by atoms with Crippen LogP contribution in [0.5, 0.6) is 0 Å². The molecule has 94 valence electrons. The number of aromatic nitrogens is 3. The lowest BCUT2D eigenvalue weighted by atomic mass is 10.2. The van der Waals surface area contributed by atoms with Gasteiger partial charge in [-0.25, -0.2) is 9.48 Å². The molecule has 0 bridgehead atoms. The molecular formula is C12H14N4O2. The minimum absolute atomic E-state index is 0.200. The molecule has 0 radical (unpaired) electrons. The van der Waals surface area contributed by atoms with E-state index in [0.717, 1.165) is 5.56 Å². The van der Waals surface area contributed by atoms with Gasteiger partial charge in [-0.3, -0.25) is 0 Å². The number of anilines is 1. The number of nitrogens with zero attached hydrogens (tertiary/aromatic N) is 3. The van der Waals surface area contributed by atoms with Crippen molar-refractivity contribution >= 4 is 11.7 Å². The molecule has 0 saturated heterocycles. The maximum absolute atomic E-state index is 11.4. The number of carbonyl (C=O) groups is 1. The second-order valence-electron chi connectivity index (χ2n) is 3.72. The number of benzene rings is 1. The van der Waals surface area contributed by atoms with Gasteiger partial charge in [0, 0.05) is 5.69 Å². The Hall–Kier alpha value is -2.37. The molecule has 6 heteroatoms. The molecule has 0 aliphatic rings. The second-order valence-corrected chi connectivity index (χ2v) is 3.72. The lowest BCUT2D eigenvalue weighted by Gasteiger charge is -2.03. The van der Waals surface area contributed by atoms with E-state index in [1.54, 1.807) is 17.8 Å². The highest BCUT2D eigenvalue weighted by Crippen LogP contribution is 2.11. The fourth-order valence-corrected chi connectivity index (χ4v) is 1.53. The van der Waals surface area contributed by atoms with E-state index in [9.17, 15) is 4.79 Å². The third-order valence-electron chi connectivity index (χ3n) is 2.41. The Labute approximate surface area is 104 Å². The second kappa shape index (κ2) is 5.31. The fourth-order valence-electron chi connectivity index (χ4n) is 1.53. The minimum atomic E-state index is -0.468. The predicted octanol–water partition coefficient (Wildman–Crippen LogP) is 1.09. The van der Waals surface area contributed by atoms with Crippen LogP contribution in [0.4, 0.5) is 5.69 Å². The molecule has 1 heterocycles. The summed E-state index contributed by atoms with van der Waals surface area (Å²) in [4.78, 5) is 11.4. The molecule has 1 aromatic carbocycles. The number of para-hydroxylation sites is 1. The van der Waals surface area contributed by atoms with Crippen molar-refractivity contribution in [3.05, 3.63) is 41.7 Å². The van der Waals surface area contributed by atoms with Gasteiger partial charge in [0.25, 0.3) is 0 Å². The molecule has 2 rings (SSSR count). The van der Waals surface area contributed by atoms with Gasteiger partial charge in [0.1, 0.15) is 0 Å². The zero-order chi connectivity index (χ0) is 13.0. The summed E-state index contributed by atoms with van der Waals surface area (Å²) in [6.45, 7) is 2.53. The average molecular weight is 246 g/mol. The fraction of sp³-hybridized carbons (Fsp3) is 0.250. The number of nitrogen functional groups attached to an aromatic ring is 1. The first-order chi connectivity index (χ1) is 8.70. The number of esters is 1. The Morgan fingerprint density at radius 2 is 2.22 bits per heavy atom. The molecule has 0 atom stereocenters. The van der Waals surface area contributed by atoms with E-state index in [1.807, 2.05) is 24.3 Å². The average Bonchev–Trinajstić information content (AvgIpc) is 2.81. The van der Waals surface area contributed by atoms with Crippen LogP contribution in [0.25, 0.3) is 0 Å². The lowest BCUT2D eigenvalue weighted by Crippen LogP contribution is -2.05. The molecule has 0 saturated carbocycles. The van der Waals surface area contributed by atoms with Gasteiger partial charge < -0.3 is 10.5 Å². The first kappa shape index (κ1) is 12.1. The zero-order valence-corrected chi connectivity index (χ0v) is 10.0. The highest BCUT2D eigenvalue weighted by molar-refractivity contribution is 5.86. The zero-order valence-electron chi connectivity index (χ0n) is 10.0. The molecule has 2 aromatic rings. The van der Waals surface area contributed by atoms with Crippen LogP contribution >= 0.6 is 0 Å². The van der Waals surface area contributed by atoms with Gasteiger partial charge in [0.15, 0.2) is 5.69 Å². The van der Waals surface area contributed by atoms with Crippen LogP contribution in [-0.4, -0.2) is 27.6 Å². The van der Waals surface area contributed by atoms with Gasteiger partial charge in [-0.2, -0.15) is 0 Å². The van der Waals surface area contributed by atoms with Crippen molar-refractivity contribution in [2.24, 2.45) is 0 Å². The standard InChI is InChI=1S/C12H14N4O2/c1-2-18-12(17)11-8-16(15-14-11)7-9-5-3-4-6-10(9)13/h3-6,8H,2,7,13H2,1H3. The van der Waals surface area contributed by atoms with Crippen molar-refractivity contribution in [1.29, 1.82) is 0 Å². The predicted molar refractivity (Wildman–Crippen MR) is 65.9 cm³/mol. The van der Waals surface area contributed by atoms with Crippen molar-refractivity contribution in [2.45, 2.75) is 13.5 Å². The monoisotopic (exact) mass is 246 g/mol. The summed E-state index contributed by atoms with van der Waals surface area (Å²) in [5.74, 6) is -0.468. The van der Waals surface area contributed by atoms with E-state index in [0.29, 0.717) is 18.8 Å². The maximum atomic E-state index is 11.4. The van der Waals surface area contributed by atoms with Crippen LogP contribution in [0.15, 0.2) is 30.5 Å². The van der Waals surface area contributed by atoms with Crippen molar-refractivity contribution < 1.29 is 9.53 Å². The molecule has 18 heavy (non-hydrogen) atoms. The van der Waals surface area contributed by atoms with Gasteiger partial charge in [-0.15, -0.1) is 5.10 Å². The number of hydrogen-bond donors (Lipinski definition) is 1. The van der Waals surface area contributed by atoms with E-state index in [1.165, 1.54) is 0 Å². The van der Waals surface area contributed by atoms with E-state index >= 15 is 0 Å². The number of rotatable bonds is 4. The van der Waals surface area contributed by atoms with E-state index in [2.05, 4.69) is 10.3 Å². The van der Waals surface area contributed by atoms with Crippen molar-refractivity contribution in [3.8, 4) is 0 Å².